The number of hydrogen-bond donors (Lipinski definition) is 2. The van der Waals surface area contributed by atoms with Gasteiger partial charge in [0.05, 0.1) is 0 Å². The Balaban J connectivity index is 4.09. The van der Waals surface area contributed by atoms with E-state index < -0.39 is 17.8 Å². The van der Waals surface area contributed by atoms with E-state index in [-0.39, 0.29) is 6.04 Å². The lowest BCUT2D eigenvalue weighted by atomic mass is 10.1. The Hall–Kier alpha value is -1.10. The molecule has 0 aromatic rings. The molecule has 0 aromatic heterocycles. The van der Waals surface area contributed by atoms with E-state index in [0.29, 0.717) is 0 Å². The average molecular weight is 230 g/mol. The third-order valence-electron chi connectivity index (χ3n) is 2.58. The Labute approximate surface area is 96.8 Å². The van der Waals surface area contributed by atoms with Crippen molar-refractivity contribution >= 4 is 11.9 Å². The summed E-state index contributed by atoms with van der Waals surface area (Å²) in [4.78, 5) is 24.2. The maximum absolute atomic E-state index is 11.4. The van der Waals surface area contributed by atoms with Crippen LogP contribution >= 0.6 is 0 Å². The van der Waals surface area contributed by atoms with E-state index in [9.17, 15) is 9.59 Å². The first-order valence-corrected chi connectivity index (χ1v) is 5.67. The molecule has 0 fully saturated rings. The summed E-state index contributed by atoms with van der Waals surface area (Å²) in [5.41, 5.74) is 0. The number of carbonyl (C=O) groups excluding carboxylic acids is 1. The molecule has 0 spiro atoms. The highest BCUT2D eigenvalue weighted by atomic mass is 16.4. The van der Waals surface area contributed by atoms with Gasteiger partial charge in [0.15, 0.2) is 0 Å². The van der Waals surface area contributed by atoms with Gasteiger partial charge in [-0.1, -0.05) is 13.8 Å². The molecule has 0 saturated carbocycles. The molecule has 0 aliphatic carbocycles. The second-order valence-electron chi connectivity index (χ2n) is 3.96. The number of hydrogen-bond acceptors (Lipinski definition) is 3. The number of carboxylic acids is 1. The van der Waals surface area contributed by atoms with Gasteiger partial charge in [-0.2, -0.15) is 0 Å². The molecule has 0 aliphatic rings. The number of carbonyl (C=O) groups is 2. The number of amides is 1. The summed E-state index contributed by atoms with van der Waals surface area (Å²) in [5.74, 6) is -2.50. The van der Waals surface area contributed by atoms with Crippen LogP contribution in [0.2, 0.25) is 0 Å². The maximum Gasteiger partial charge on any atom is 0.315 e. The summed E-state index contributed by atoms with van der Waals surface area (Å²) < 4.78 is 0. The summed E-state index contributed by atoms with van der Waals surface area (Å²) in [6.45, 7) is 9.96. The first-order valence-electron chi connectivity index (χ1n) is 5.67. The number of aliphatic carboxylic acids is 1. The van der Waals surface area contributed by atoms with Gasteiger partial charge in [-0.25, -0.2) is 0 Å². The predicted octanol–water partition coefficient (Wildman–Crippen LogP) is 0.554. The van der Waals surface area contributed by atoms with E-state index in [2.05, 4.69) is 24.1 Å². The van der Waals surface area contributed by atoms with Crippen LogP contribution in [0.4, 0.5) is 0 Å². The van der Waals surface area contributed by atoms with Crippen LogP contribution in [0.15, 0.2) is 0 Å². The molecule has 0 rings (SSSR count). The van der Waals surface area contributed by atoms with Crippen molar-refractivity contribution in [2.75, 3.05) is 19.6 Å². The van der Waals surface area contributed by atoms with Crippen molar-refractivity contribution < 1.29 is 14.7 Å². The van der Waals surface area contributed by atoms with Gasteiger partial charge in [0.2, 0.25) is 5.91 Å². The molecule has 0 radical (unpaired) electrons. The Bertz CT molecular complexity index is 239. The molecule has 5 heteroatoms. The average Bonchev–Trinajstić information content (AvgIpc) is 2.24. The third kappa shape index (κ3) is 5.11. The molecule has 94 valence electrons. The normalized spacial score (nSPS) is 14.6. The van der Waals surface area contributed by atoms with Crippen LogP contribution in [0.5, 0.6) is 0 Å². The zero-order valence-corrected chi connectivity index (χ0v) is 10.5. The topological polar surface area (TPSA) is 69.6 Å². The molecule has 2 N–H and O–H groups in total. The fourth-order valence-electron chi connectivity index (χ4n) is 1.39. The van der Waals surface area contributed by atoms with E-state index in [1.807, 2.05) is 6.92 Å². The van der Waals surface area contributed by atoms with Gasteiger partial charge in [0, 0.05) is 12.6 Å². The van der Waals surface area contributed by atoms with Gasteiger partial charge < -0.3 is 15.3 Å². The maximum atomic E-state index is 11.4. The van der Waals surface area contributed by atoms with E-state index in [1.54, 1.807) is 0 Å². The summed E-state index contributed by atoms with van der Waals surface area (Å²) in [6, 6.07) is -0.0331. The molecule has 5 nitrogen and oxygen atoms in total. The SMILES string of the molecule is CCN(CC)CC(C)NC(=O)C(C)C(=O)O. The largest absolute Gasteiger partial charge is 0.481 e. The molecule has 1 amide bonds. The van der Waals surface area contributed by atoms with Gasteiger partial charge in [-0.15, -0.1) is 0 Å². The molecule has 0 aliphatic heterocycles. The van der Waals surface area contributed by atoms with Gasteiger partial charge in [-0.3, -0.25) is 9.59 Å². The van der Waals surface area contributed by atoms with Crippen LogP contribution in [0.3, 0.4) is 0 Å². The minimum atomic E-state index is -1.09. The van der Waals surface area contributed by atoms with E-state index in [1.165, 1.54) is 6.92 Å². The van der Waals surface area contributed by atoms with Crippen molar-refractivity contribution in [3.05, 3.63) is 0 Å². The van der Waals surface area contributed by atoms with Gasteiger partial charge in [0.1, 0.15) is 5.92 Å². The molecular weight excluding hydrogens is 208 g/mol. The molecule has 2 atom stereocenters. The van der Waals surface area contributed by atoms with Crippen LogP contribution in [0.1, 0.15) is 27.7 Å². The Morgan fingerprint density at radius 1 is 1.25 bits per heavy atom. The monoisotopic (exact) mass is 230 g/mol. The summed E-state index contributed by atoms with van der Waals surface area (Å²) in [5, 5.41) is 11.4. The molecule has 0 heterocycles. The van der Waals surface area contributed by atoms with Crippen molar-refractivity contribution in [3.8, 4) is 0 Å². The highest BCUT2D eigenvalue weighted by Gasteiger charge is 2.22. The number of rotatable bonds is 7. The van der Waals surface area contributed by atoms with Crippen molar-refractivity contribution in [3.63, 3.8) is 0 Å². The molecular formula is C11H22N2O3. The van der Waals surface area contributed by atoms with E-state index >= 15 is 0 Å². The van der Waals surface area contributed by atoms with Crippen LogP contribution in [-0.4, -0.2) is 47.6 Å². The van der Waals surface area contributed by atoms with Crippen LogP contribution in [0.25, 0.3) is 0 Å². The molecule has 0 saturated heterocycles. The highest BCUT2D eigenvalue weighted by Crippen LogP contribution is 1.97. The smallest absolute Gasteiger partial charge is 0.315 e. The summed E-state index contributed by atoms with van der Waals surface area (Å²) in [7, 11) is 0. The minimum absolute atomic E-state index is 0.0331. The summed E-state index contributed by atoms with van der Waals surface area (Å²) >= 11 is 0. The molecule has 16 heavy (non-hydrogen) atoms. The van der Waals surface area contributed by atoms with E-state index in [0.717, 1.165) is 19.6 Å². The first-order chi connectivity index (χ1) is 7.42. The number of carboxylic acid groups (broad SMARTS) is 1. The standard InChI is InChI=1S/C11H22N2O3/c1-5-13(6-2)7-8(3)12-10(14)9(4)11(15)16/h8-9H,5-7H2,1-4H3,(H,12,14)(H,15,16). The van der Waals surface area contributed by atoms with Crippen molar-refractivity contribution in [2.24, 2.45) is 5.92 Å². The number of likely N-dealkylation sites (N-methyl/N-ethyl adjacent to an activating group) is 1. The lowest BCUT2D eigenvalue weighted by Crippen LogP contribution is -2.45. The molecule has 2 unspecified atom stereocenters. The third-order valence-corrected chi connectivity index (χ3v) is 2.58. The van der Waals surface area contributed by atoms with Crippen LogP contribution < -0.4 is 5.32 Å². The van der Waals surface area contributed by atoms with Crippen LogP contribution in [-0.2, 0) is 9.59 Å². The molecule has 0 aromatic carbocycles. The Kier molecular flexibility index (Phi) is 6.72. The fraction of sp³-hybridized carbons (Fsp3) is 0.818. The first kappa shape index (κ1) is 14.9. The lowest BCUT2D eigenvalue weighted by molar-refractivity contribution is -0.146. The lowest BCUT2D eigenvalue weighted by Gasteiger charge is -2.23. The van der Waals surface area contributed by atoms with Gasteiger partial charge in [-0.05, 0) is 26.9 Å². The Morgan fingerprint density at radius 3 is 2.12 bits per heavy atom. The quantitative estimate of drug-likeness (QED) is 0.627. The Morgan fingerprint density at radius 2 is 1.75 bits per heavy atom. The van der Waals surface area contributed by atoms with Gasteiger partial charge >= 0.3 is 5.97 Å². The minimum Gasteiger partial charge on any atom is -0.481 e. The second kappa shape index (κ2) is 7.22. The van der Waals surface area contributed by atoms with Gasteiger partial charge in [0.25, 0.3) is 0 Å². The number of nitrogens with zero attached hydrogens (tertiary/aromatic N) is 1. The van der Waals surface area contributed by atoms with Crippen molar-refractivity contribution in [1.29, 1.82) is 0 Å². The predicted molar refractivity (Wildman–Crippen MR) is 62.2 cm³/mol. The van der Waals surface area contributed by atoms with Crippen LogP contribution in [0, 0.1) is 5.92 Å². The van der Waals surface area contributed by atoms with Crippen molar-refractivity contribution in [1.82, 2.24) is 10.2 Å². The second-order valence-corrected chi connectivity index (χ2v) is 3.96. The molecule has 0 bridgehead atoms. The number of nitrogens with one attached hydrogen (secondary N) is 1. The highest BCUT2D eigenvalue weighted by molar-refractivity contribution is 5.96. The van der Waals surface area contributed by atoms with E-state index in [4.69, 9.17) is 5.11 Å². The van der Waals surface area contributed by atoms with Crippen molar-refractivity contribution in [2.45, 2.75) is 33.7 Å². The zero-order valence-electron chi connectivity index (χ0n) is 10.5. The summed E-state index contributed by atoms with van der Waals surface area (Å²) in [6.07, 6.45) is 0. The fourth-order valence-corrected chi connectivity index (χ4v) is 1.39. The zero-order chi connectivity index (χ0) is 12.7.